The molecule has 1 unspecified atom stereocenters. The van der Waals surface area contributed by atoms with Crippen molar-refractivity contribution in [3.63, 3.8) is 0 Å². The second kappa shape index (κ2) is 5.52. The van der Waals surface area contributed by atoms with E-state index in [9.17, 15) is 9.59 Å². The van der Waals surface area contributed by atoms with E-state index in [4.69, 9.17) is 0 Å². The first-order chi connectivity index (χ1) is 8.24. The summed E-state index contributed by atoms with van der Waals surface area (Å²) in [6.45, 7) is 2.10. The number of nitrogens with zero attached hydrogens (tertiary/aromatic N) is 1. The van der Waals surface area contributed by atoms with E-state index in [0.29, 0.717) is 0 Å². The number of rotatable bonds is 4. The van der Waals surface area contributed by atoms with Gasteiger partial charge in [0.2, 0.25) is 0 Å². The van der Waals surface area contributed by atoms with Crippen LogP contribution in [0.1, 0.15) is 58.3 Å². The molecule has 0 bridgehead atoms. The third kappa shape index (κ3) is 2.61. The zero-order chi connectivity index (χ0) is 12.3. The summed E-state index contributed by atoms with van der Waals surface area (Å²) in [5.41, 5.74) is 0. The Bertz CT molecular complexity index is 298. The molecule has 4 nitrogen and oxygen atoms in total. The molecule has 0 spiro atoms. The molecule has 17 heavy (non-hydrogen) atoms. The number of carbonyl (C=O) groups excluding carboxylic acids is 2. The van der Waals surface area contributed by atoms with Crippen LogP contribution in [0.3, 0.4) is 0 Å². The highest BCUT2D eigenvalue weighted by Gasteiger charge is 2.41. The highest BCUT2D eigenvalue weighted by molar-refractivity contribution is 6.04. The van der Waals surface area contributed by atoms with E-state index in [2.05, 4.69) is 12.2 Å². The van der Waals surface area contributed by atoms with Crippen molar-refractivity contribution in [1.29, 1.82) is 0 Å². The van der Waals surface area contributed by atoms with Gasteiger partial charge >= 0.3 is 6.03 Å². The van der Waals surface area contributed by atoms with Crippen molar-refractivity contribution in [1.82, 2.24) is 10.2 Å². The quantitative estimate of drug-likeness (QED) is 0.765. The maximum atomic E-state index is 12.2. The first-order valence-corrected chi connectivity index (χ1v) is 6.87. The minimum Gasteiger partial charge on any atom is -0.326 e. The van der Waals surface area contributed by atoms with Gasteiger partial charge < -0.3 is 5.32 Å². The van der Waals surface area contributed by atoms with Gasteiger partial charge in [-0.05, 0) is 19.3 Å². The van der Waals surface area contributed by atoms with Crippen molar-refractivity contribution in [2.75, 3.05) is 0 Å². The van der Waals surface area contributed by atoms with Crippen molar-refractivity contribution in [2.24, 2.45) is 0 Å². The molecular weight excluding hydrogens is 216 g/mol. The Morgan fingerprint density at radius 2 is 1.94 bits per heavy atom. The van der Waals surface area contributed by atoms with Gasteiger partial charge in [0.15, 0.2) is 0 Å². The number of urea groups is 1. The van der Waals surface area contributed by atoms with E-state index >= 15 is 0 Å². The number of imide groups is 1. The molecule has 0 aromatic rings. The van der Waals surface area contributed by atoms with Crippen LogP contribution in [-0.4, -0.2) is 28.9 Å². The largest absolute Gasteiger partial charge is 0.326 e. The maximum absolute atomic E-state index is 12.2. The highest BCUT2D eigenvalue weighted by atomic mass is 16.2. The fourth-order valence-corrected chi connectivity index (χ4v) is 2.84. The second-order valence-electron chi connectivity index (χ2n) is 5.14. The van der Waals surface area contributed by atoms with E-state index in [-0.39, 0.29) is 24.0 Å². The molecule has 2 aliphatic rings. The van der Waals surface area contributed by atoms with Gasteiger partial charge in [-0.25, -0.2) is 4.79 Å². The summed E-state index contributed by atoms with van der Waals surface area (Å²) >= 11 is 0. The van der Waals surface area contributed by atoms with Crippen LogP contribution in [0.5, 0.6) is 0 Å². The van der Waals surface area contributed by atoms with Crippen LogP contribution in [0.4, 0.5) is 4.79 Å². The van der Waals surface area contributed by atoms with E-state index in [1.165, 1.54) is 11.3 Å². The Morgan fingerprint density at radius 3 is 2.59 bits per heavy atom. The lowest BCUT2D eigenvalue weighted by molar-refractivity contribution is -0.129. The summed E-state index contributed by atoms with van der Waals surface area (Å²) in [7, 11) is 0. The van der Waals surface area contributed by atoms with Gasteiger partial charge in [0.1, 0.15) is 6.04 Å². The number of nitrogens with one attached hydrogen (secondary N) is 1. The number of hydrogen-bond donors (Lipinski definition) is 1. The fourth-order valence-electron chi connectivity index (χ4n) is 2.84. The molecule has 1 aliphatic heterocycles. The van der Waals surface area contributed by atoms with Crippen LogP contribution in [-0.2, 0) is 4.79 Å². The molecule has 1 aliphatic carbocycles. The van der Waals surface area contributed by atoms with Gasteiger partial charge in [0, 0.05) is 6.04 Å². The predicted octanol–water partition coefficient (Wildman–Crippen LogP) is 2.43. The maximum Gasteiger partial charge on any atom is 0.325 e. The summed E-state index contributed by atoms with van der Waals surface area (Å²) in [4.78, 5) is 25.5. The predicted molar refractivity (Wildman–Crippen MR) is 65.6 cm³/mol. The van der Waals surface area contributed by atoms with Gasteiger partial charge in [-0.3, -0.25) is 9.69 Å². The zero-order valence-corrected chi connectivity index (χ0v) is 10.6. The van der Waals surface area contributed by atoms with E-state index in [1.54, 1.807) is 0 Å². The van der Waals surface area contributed by atoms with Crippen molar-refractivity contribution in [2.45, 2.75) is 70.4 Å². The normalized spacial score (nSPS) is 26.4. The molecule has 2 rings (SSSR count). The third-order valence-electron chi connectivity index (χ3n) is 3.84. The Kier molecular flexibility index (Phi) is 4.02. The van der Waals surface area contributed by atoms with E-state index in [0.717, 1.165) is 44.9 Å². The van der Waals surface area contributed by atoms with Gasteiger partial charge in [-0.2, -0.15) is 0 Å². The van der Waals surface area contributed by atoms with Crippen LogP contribution in [0.2, 0.25) is 0 Å². The van der Waals surface area contributed by atoms with Crippen molar-refractivity contribution < 1.29 is 9.59 Å². The minimum absolute atomic E-state index is 0.00958. The Hall–Kier alpha value is -1.06. The number of carbonyl (C=O) groups is 2. The fraction of sp³-hybridized carbons (Fsp3) is 0.846. The van der Waals surface area contributed by atoms with Crippen molar-refractivity contribution in [3.8, 4) is 0 Å². The van der Waals surface area contributed by atoms with Gasteiger partial charge in [0.05, 0.1) is 0 Å². The molecule has 1 atom stereocenters. The molecular formula is C13H22N2O2. The Morgan fingerprint density at radius 1 is 1.24 bits per heavy atom. The lowest BCUT2D eigenvalue weighted by Crippen LogP contribution is -2.42. The SMILES string of the molecule is CCCCC1NC(=O)N(C2CCCCC2)C1=O. The van der Waals surface area contributed by atoms with Gasteiger partial charge in [-0.15, -0.1) is 0 Å². The first kappa shape index (κ1) is 12.4. The lowest BCUT2D eigenvalue weighted by atomic mass is 9.94. The van der Waals surface area contributed by atoms with E-state index in [1.807, 2.05) is 0 Å². The lowest BCUT2D eigenvalue weighted by Gasteiger charge is -2.28. The van der Waals surface area contributed by atoms with Crippen LogP contribution in [0, 0.1) is 0 Å². The highest BCUT2D eigenvalue weighted by Crippen LogP contribution is 2.26. The Labute approximate surface area is 103 Å². The topological polar surface area (TPSA) is 49.4 Å². The third-order valence-corrected chi connectivity index (χ3v) is 3.84. The van der Waals surface area contributed by atoms with E-state index < -0.39 is 0 Å². The Balaban J connectivity index is 1.97. The molecule has 1 saturated heterocycles. The van der Waals surface area contributed by atoms with Gasteiger partial charge in [0.25, 0.3) is 5.91 Å². The summed E-state index contributed by atoms with van der Waals surface area (Å²) < 4.78 is 0. The number of unbranched alkanes of at least 4 members (excludes halogenated alkanes) is 1. The molecule has 1 N–H and O–H groups in total. The molecule has 0 aromatic carbocycles. The monoisotopic (exact) mass is 238 g/mol. The molecule has 96 valence electrons. The molecule has 0 aromatic heterocycles. The summed E-state index contributed by atoms with van der Waals surface area (Å²) in [5.74, 6) is 0.00958. The molecule has 1 heterocycles. The van der Waals surface area contributed by atoms with Gasteiger partial charge in [-0.1, -0.05) is 39.0 Å². The summed E-state index contributed by atoms with van der Waals surface area (Å²) in [6, 6.07) is -0.268. The molecule has 4 heteroatoms. The van der Waals surface area contributed by atoms with Crippen LogP contribution >= 0.6 is 0 Å². The smallest absolute Gasteiger partial charge is 0.325 e. The zero-order valence-electron chi connectivity index (χ0n) is 10.6. The molecule has 2 fully saturated rings. The average Bonchev–Trinajstić information content (AvgIpc) is 2.63. The van der Waals surface area contributed by atoms with Crippen LogP contribution in [0.15, 0.2) is 0 Å². The van der Waals surface area contributed by atoms with Crippen molar-refractivity contribution >= 4 is 11.9 Å². The summed E-state index contributed by atoms with van der Waals surface area (Å²) in [6.07, 6.45) is 8.32. The number of hydrogen-bond acceptors (Lipinski definition) is 2. The first-order valence-electron chi connectivity index (χ1n) is 6.87. The molecule has 1 saturated carbocycles. The average molecular weight is 238 g/mol. The minimum atomic E-state index is -0.260. The van der Waals surface area contributed by atoms with Crippen molar-refractivity contribution in [3.05, 3.63) is 0 Å². The number of amides is 3. The summed E-state index contributed by atoms with van der Waals surface area (Å²) in [5, 5.41) is 2.82. The molecule has 3 amide bonds. The standard InChI is InChI=1S/C13H22N2O2/c1-2-3-9-11-12(16)15(13(17)14-11)10-7-5-4-6-8-10/h10-11H,2-9H2,1H3,(H,14,17). The van der Waals surface area contributed by atoms with Crippen LogP contribution in [0.25, 0.3) is 0 Å². The molecule has 0 radical (unpaired) electrons. The second-order valence-corrected chi connectivity index (χ2v) is 5.14. The van der Waals surface area contributed by atoms with Crippen LogP contribution < -0.4 is 5.32 Å².